The van der Waals surface area contributed by atoms with Crippen LogP contribution in [0.2, 0.25) is 0 Å². The molecule has 2 aromatic carbocycles. The second-order valence-electron chi connectivity index (χ2n) is 6.96. The lowest BCUT2D eigenvalue weighted by atomic mass is 10.2. The molecule has 0 heterocycles. The minimum atomic E-state index is -0.262. The number of carbonyl (C=O) groups excluding carboxylic acids is 2. The maximum Gasteiger partial charge on any atom is 0.264 e. The number of anilines is 2. The molecule has 30 heavy (non-hydrogen) atoms. The fourth-order valence-electron chi connectivity index (χ4n) is 2.93. The Morgan fingerprint density at radius 2 is 1.90 bits per heavy atom. The van der Waals surface area contributed by atoms with Gasteiger partial charge in [0.25, 0.3) is 5.91 Å². The molecule has 0 aliphatic heterocycles. The highest BCUT2D eigenvalue weighted by atomic mass is 16.5. The van der Waals surface area contributed by atoms with Crippen molar-refractivity contribution in [2.75, 3.05) is 30.0 Å². The van der Waals surface area contributed by atoms with Crippen molar-refractivity contribution in [3.05, 3.63) is 48.5 Å². The van der Waals surface area contributed by atoms with Crippen LogP contribution in [0.3, 0.4) is 0 Å². The summed E-state index contributed by atoms with van der Waals surface area (Å²) in [4.78, 5) is 26.2. The Bertz CT molecular complexity index is 917. The summed E-state index contributed by atoms with van der Waals surface area (Å²) in [5.74, 6) is 1.07. The first kappa shape index (κ1) is 21.2. The summed E-state index contributed by atoms with van der Waals surface area (Å²) >= 11 is 0. The lowest BCUT2D eigenvalue weighted by Gasteiger charge is -2.22. The van der Waals surface area contributed by atoms with E-state index in [2.05, 4.69) is 11.4 Å². The molecule has 2 aromatic rings. The Kier molecular flexibility index (Phi) is 7.28. The number of amides is 2. The summed E-state index contributed by atoms with van der Waals surface area (Å²) in [5, 5.41) is 11.8. The number of nitriles is 1. The lowest BCUT2D eigenvalue weighted by Crippen LogP contribution is -2.35. The van der Waals surface area contributed by atoms with Gasteiger partial charge < -0.3 is 19.7 Å². The number of rotatable bonds is 10. The first-order valence-electron chi connectivity index (χ1n) is 10.0. The van der Waals surface area contributed by atoms with Crippen LogP contribution in [-0.4, -0.2) is 31.6 Å². The van der Waals surface area contributed by atoms with Crippen LogP contribution in [0, 0.1) is 17.2 Å². The average molecular weight is 407 g/mol. The highest BCUT2D eigenvalue weighted by Gasteiger charge is 2.29. The Balaban J connectivity index is 1.62. The van der Waals surface area contributed by atoms with Crippen molar-refractivity contribution in [3.63, 3.8) is 0 Å². The van der Waals surface area contributed by atoms with E-state index in [0.29, 0.717) is 23.7 Å². The molecule has 1 N–H and O–H groups in total. The maximum absolute atomic E-state index is 12.8. The summed E-state index contributed by atoms with van der Waals surface area (Å²) in [6.07, 6.45) is 2.07. The van der Waals surface area contributed by atoms with Gasteiger partial charge in [-0.25, -0.2) is 0 Å². The molecule has 156 valence electrons. The second kappa shape index (κ2) is 10.3. The van der Waals surface area contributed by atoms with Gasteiger partial charge in [-0.3, -0.25) is 9.59 Å². The normalized spacial score (nSPS) is 12.5. The third kappa shape index (κ3) is 5.98. The molecular formula is C23H25N3O4. The minimum absolute atomic E-state index is 0.0152. The van der Waals surface area contributed by atoms with Crippen LogP contribution in [0.4, 0.5) is 11.4 Å². The van der Waals surface area contributed by atoms with Crippen molar-refractivity contribution in [1.82, 2.24) is 0 Å². The first-order chi connectivity index (χ1) is 14.6. The van der Waals surface area contributed by atoms with Crippen LogP contribution in [0.15, 0.2) is 48.5 Å². The van der Waals surface area contributed by atoms with Crippen LogP contribution in [0.25, 0.3) is 0 Å². The Labute approximate surface area is 176 Å². The zero-order valence-corrected chi connectivity index (χ0v) is 17.0. The van der Waals surface area contributed by atoms with E-state index in [4.69, 9.17) is 14.7 Å². The lowest BCUT2D eigenvalue weighted by molar-refractivity contribution is -0.120. The van der Waals surface area contributed by atoms with Gasteiger partial charge >= 0.3 is 0 Å². The van der Waals surface area contributed by atoms with Crippen molar-refractivity contribution in [1.29, 1.82) is 5.26 Å². The number of benzene rings is 2. The van der Waals surface area contributed by atoms with Gasteiger partial charge in [-0.15, -0.1) is 0 Å². The number of hydrogen-bond acceptors (Lipinski definition) is 5. The molecule has 1 saturated carbocycles. The van der Waals surface area contributed by atoms with E-state index in [9.17, 15) is 9.59 Å². The zero-order chi connectivity index (χ0) is 21.3. The molecule has 1 aliphatic carbocycles. The molecule has 7 nitrogen and oxygen atoms in total. The van der Waals surface area contributed by atoms with Crippen LogP contribution in [0.1, 0.15) is 26.2 Å². The largest absolute Gasteiger partial charge is 0.494 e. The highest BCUT2D eigenvalue weighted by molar-refractivity contribution is 5.95. The standard InChI is InChI=1S/C23H25N3O4/c1-2-29-20-11-9-19(10-12-20)26(14-4-13-24)22(27)16-30-21-6-3-5-18(15-21)25-23(28)17-7-8-17/h3,5-6,9-12,15,17H,2,4,7-8,14,16H2,1H3,(H,25,28). The monoisotopic (exact) mass is 407 g/mol. The molecule has 0 aromatic heterocycles. The van der Waals surface area contributed by atoms with Gasteiger partial charge in [0.1, 0.15) is 11.5 Å². The minimum Gasteiger partial charge on any atom is -0.494 e. The molecule has 0 unspecified atom stereocenters. The molecule has 1 aliphatic rings. The van der Waals surface area contributed by atoms with E-state index < -0.39 is 0 Å². The Morgan fingerprint density at radius 1 is 1.13 bits per heavy atom. The van der Waals surface area contributed by atoms with Gasteiger partial charge in [-0.05, 0) is 56.2 Å². The van der Waals surface area contributed by atoms with Crippen molar-refractivity contribution in [3.8, 4) is 17.6 Å². The summed E-state index contributed by atoms with van der Waals surface area (Å²) in [6.45, 7) is 2.55. The fraction of sp³-hybridized carbons (Fsp3) is 0.348. The summed E-state index contributed by atoms with van der Waals surface area (Å²) in [5.41, 5.74) is 1.32. The van der Waals surface area contributed by atoms with Crippen molar-refractivity contribution < 1.29 is 19.1 Å². The molecule has 7 heteroatoms. The van der Waals surface area contributed by atoms with Crippen molar-refractivity contribution in [2.24, 2.45) is 5.92 Å². The molecule has 0 spiro atoms. The highest BCUT2D eigenvalue weighted by Crippen LogP contribution is 2.30. The molecule has 0 bridgehead atoms. The van der Waals surface area contributed by atoms with Gasteiger partial charge in [0.05, 0.1) is 19.1 Å². The number of carbonyl (C=O) groups is 2. The smallest absolute Gasteiger partial charge is 0.264 e. The van der Waals surface area contributed by atoms with E-state index in [-0.39, 0.29) is 37.3 Å². The van der Waals surface area contributed by atoms with E-state index in [0.717, 1.165) is 18.6 Å². The van der Waals surface area contributed by atoms with Gasteiger partial charge in [0.2, 0.25) is 5.91 Å². The summed E-state index contributed by atoms with van der Waals surface area (Å²) in [6, 6.07) is 16.2. The van der Waals surface area contributed by atoms with E-state index in [1.165, 1.54) is 4.90 Å². The van der Waals surface area contributed by atoms with E-state index >= 15 is 0 Å². The summed E-state index contributed by atoms with van der Waals surface area (Å²) < 4.78 is 11.1. The molecule has 1 fully saturated rings. The second-order valence-corrected chi connectivity index (χ2v) is 6.96. The third-order valence-electron chi connectivity index (χ3n) is 4.62. The predicted octanol–water partition coefficient (Wildman–Crippen LogP) is 3.76. The van der Waals surface area contributed by atoms with Gasteiger partial charge in [0, 0.05) is 29.9 Å². The predicted molar refractivity (Wildman–Crippen MR) is 113 cm³/mol. The van der Waals surface area contributed by atoms with Crippen molar-refractivity contribution >= 4 is 23.2 Å². The number of hydrogen-bond donors (Lipinski definition) is 1. The molecule has 0 radical (unpaired) electrons. The number of ether oxygens (including phenoxy) is 2. The van der Waals surface area contributed by atoms with Gasteiger partial charge in [0.15, 0.2) is 6.61 Å². The third-order valence-corrected chi connectivity index (χ3v) is 4.62. The van der Waals surface area contributed by atoms with Crippen molar-refractivity contribution in [2.45, 2.75) is 26.2 Å². The molecule has 2 amide bonds. The number of nitrogens with one attached hydrogen (secondary N) is 1. The van der Waals surface area contributed by atoms with Gasteiger partial charge in [-0.2, -0.15) is 5.26 Å². The topological polar surface area (TPSA) is 91.7 Å². The van der Waals surface area contributed by atoms with Crippen LogP contribution in [0.5, 0.6) is 11.5 Å². The quantitative estimate of drug-likeness (QED) is 0.647. The zero-order valence-electron chi connectivity index (χ0n) is 17.0. The molecule has 3 rings (SSSR count). The van der Waals surface area contributed by atoms with E-state index in [1.807, 2.05) is 6.92 Å². The van der Waals surface area contributed by atoms with Crippen LogP contribution >= 0.6 is 0 Å². The summed E-state index contributed by atoms with van der Waals surface area (Å²) in [7, 11) is 0. The average Bonchev–Trinajstić information content (AvgIpc) is 3.60. The molecule has 0 saturated heterocycles. The van der Waals surface area contributed by atoms with Crippen LogP contribution < -0.4 is 19.7 Å². The molecule has 0 atom stereocenters. The first-order valence-corrected chi connectivity index (χ1v) is 10.0. The molecular weight excluding hydrogens is 382 g/mol. The Morgan fingerprint density at radius 3 is 2.57 bits per heavy atom. The fourth-order valence-corrected chi connectivity index (χ4v) is 2.93. The SMILES string of the molecule is CCOc1ccc(N(CCC#N)C(=O)COc2cccc(NC(=O)C3CC3)c2)cc1. The number of nitrogens with zero attached hydrogens (tertiary/aromatic N) is 2. The van der Waals surface area contributed by atoms with Gasteiger partial charge in [-0.1, -0.05) is 6.07 Å². The van der Waals surface area contributed by atoms with Crippen LogP contribution in [-0.2, 0) is 9.59 Å². The van der Waals surface area contributed by atoms with E-state index in [1.54, 1.807) is 48.5 Å². The maximum atomic E-state index is 12.8. The Hall–Kier alpha value is -3.53.